The summed E-state index contributed by atoms with van der Waals surface area (Å²) in [6.07, 6.45) is 0. The van der Waals surface area contributed by atoms with Gasteiger partial charge in [0.2, 0.25) is 0 Å². The summed E-state index contributed by atoms with van der Waals surface area (Å²) >= 11 is 15.5. The van der Waals surface area contributed by atoms with Gasteiger partial charge in [0.1, 0.15) is 6.61 Å². The summed E-state index contributed by atoms with van der Waals surface area (Å²) in [7, 11) is 1.60. The van der Waals surface area contributed by atoms with E-state index in [-0.39, 0.29) is 24.6 Å². The molecule has 0 aliphatic rings. The first-order valence-corrected chi connectivity index (χ1v) is 9.59. The molecule has 0 amide bonds. The fraction of sp³-hybridized carbons (Fsp3) is 0.368. The summed E-state index contributed by atoms with van der Waals surface area (Å²) in [6.45, 7) is 4.86. The third kappa shape index (κ3) is 7.00. The number of aliphatic hydroxyl groups excluding tert-OH is 1. The van der Waals surface area contributed by atoms with Gasteiger partial charge in [0.25, 0.3) is 0 Å². The van der Waals surface area contributed by atoms with Gasteiger partial charge in [-0.25, -0.2) is 0 Å². The maximum absolute atomic E-state index is 9.35. The van der Waals surface area contributed by atoms with Gasteiger partial charge < -0.3 is 19.9 Å². The molecule has 0 radical (unpaired) electrons. The molecule has 2 rings (SSSR count). The Kier molecular flexibility index (Phi) is 9.69. The number of aliphatic hydroxyl groups is 1. The molecule has 0 spiro atoms. The summed E-state index contributed by atoms with van der Waals surface area (Å²) in [6, 6.07) is 9.26. The number of hydrogen-bond donors (Lipinski definition) is 2. The van der Waals surface area contributed by atoms with Gasteiger partial charge in [-0.2, -0.15) is 0 Å². The Hall–Kier alpha value is -0.690. The fourth-order valence-electron chi connectivity index (χ4n) is 2.20. The smallest absolute Gasteiger partial charge is 0.175 e. The molecule has 0 saturated heterocycles. The lowest BCUT2D eigenvalue weighted by Gasteiger charge is -2.24. The minimum absolute atomic E-state index is 0. The molecule has 2 N–H and O–H groups in total. The van der Waals surface area contributed by atoms with Gasteiger partial charge in [0, 0.05) is 12.1 Å². The van der Waals surface area contributed by atoms with Crippen LogP contribution in [-0.4, -0.2) is 24.4 Å². The van der Waals surface area contributed by atoms with E-state index in [4.69, 9.17) is 32.7 Å². The molecular formula is C19H23BrCl3NO3. The molecule has 150 valence electrons. The highest BCUT2D eigenvalue weighted by atomic mass is 79.9. The first-order valence-electron chi connectivity index (χ1n) is 8.05. The van der Waals surface area contributed by atoms with Crippen LogP contribution < -0.4 is 14.8 Å². The number of hydrogen-bond acceptors (Lipinski definition) is 4. The zero-order valence-corrected chi connectivity index (χ0v) is 19.2. The number of nitrogens with one attached hydrogen (secondary N) is 1. The van der Waals surface area contributed by atoms with E-state index in [1.807, 2.05) is 32.0 Å². The summed E-state index contributed by atoms with van der Waals surface area (Å²) < 4.78 is 12.2. The van der Waals surface area contributed by atoms with Gasteiger partial charge >= 0.3 is 0 Å². The Balaban J connectivity index is 0.00000364. The molecule has 0 fully saturated rings. The second kappa shape index (κ2) is 10.7. The Morgan fingerprint density at radius 2 is 1.81 bits per heavy atom. The van der Waals surface area contributed by atoms with Crippen LogP contribution in [0.25, 0.3) is 0 Å². The second-order valence-corrected chi connectivity index (χ2v) is 8.21. The Morgan fingerprint density at radius 1 is 1.11 bits per heavy atom. The van der Waals surface area contributed by atoms with Crippen LogP contribution >= 0.6 is 51.5 Å². The minimum Gasteiger partial charge on any atom is -0.493 e. The van der Waals surface area contributed by atoms with Crippen LogP contribution in [0.1, 0.15) is 25.0 Å². The molecular weight excluding hydrogens is 476 g/mol. The molecule has 27 heavy (non-hydrogen) atoms. The highest BCUT2D eigenvalue weighted by Crippen LogP contribution is 2.37. The van der Waals surface area contributed by atoms with Crippen LogP contribution in [0.15, 0.2) is 34.8 Å². The topological polar surface area (TPSA) is 50.7 Å². The minimum atomic E-state index is -0.358. The van der Waals surface area contributed by atoms with Gasteiger partial charge in [0.05, 0.1) is 28.2 Å². The summed E-state index contributed by atoms with van der Waals surface area (Å²) in [5, 5.41) is 13.7. The van der Waals surface area contributed by atoms with E-state index in [0.29, 0.717) is 34.7 Å². The van der Waals surface area contributed by atoms with Crippen LogP contribution in [0.5, 0.6) is 11.5 Å². The molecule has 0 aliphatic carbocycles. The highest BCUT2D eigenvalue weighted by Gasteiger charge is 2.17. The number of ether oxygens (including phenoxy) is 2. The normalized spacial score (nSPS) is 11.1. The summed E-state index contributed by atoms with van der Waals surface area (Å²) in [5.74, 6) is 1.24. The molecule has 2 aromatic carbocycles. The number of halogens is 4. The molecule has 0 aromatic heterocycles. The lowest BCUT2D eigenvalue weighted by atomic mass is 10.1. The molecule has 4 nitrogen and oxygen atoms in total. The Bertz CT molecular complexity index is 772. The quantitative estimate of drug-likeness (QED) is 0.495. The van der Waals surface area contributed by atoms with Crippen LogP contribution in [0.2, 0.25) is 10.0 Å². The van der Waals surface area contributed by atoms with Crippen molar-refractivity contribution < 1.29 is 14.6 Å². The molecule has 2 aromatic rings. The Morgan fingerprint density at radius 3 is 2.41 bits per heavy atom. The van der Waals surface area contributed by atoms with Crippen LogP contribution in [0.3, 0.4) is 0 Å². The maximum atomic E-state index is 9.35. The predicted octanol–water partition coefficient (Wildman–Crippen LogP) is 5.63. The van der Waals surface area contributed by atoms with E-state index in [1.165, 1.54) is 0 Å². The molecule has 0 heterocycles. The lowest BCUT2D eigenvalue weighted by molar-refractivity contribution is 0.187. The molecule has 8 heteroatoms. The van der Waals surface area contributed by atoms with Crippen molar-refractivity contribution in [2.24, 2.45) is 0 Å². The van der Waals surface area contributed by atoms with Crippen LogP contribution in [-0.2, 0) is 13.2 Å². The summed E-state index contributed by atoms with van der Waals surface area (Å²) in [5.41, 5.74) is 1.56. The largest absolute Gasteiger partial charge is 0.493 e. The van der Waals surface area contributed by atoms with Gasteiger partial charge in [-0.05, 0) is 65.2 Å². The van der Waals surface area contributed by atoms with Crippen molar-refractivity contribution in [1.29, 1.82) is 0 Å². The maximum Gasteiger partial charge on any atom is 0.175 e. The zero-order chi connectivity index (χ0) is 19.3. The van der Waals surface area contributed by atoms with Gasteiger partial charge in [0.15, 0.2) is 11.5 Å². The van der Waals surface area contributed by atoms with Crippen molar-refractivity contribution in [2.75, 3.05) is 13.7 Å². The SMILES string of the molecule is COc1cc(CNC(C)(C)CO)cc(Br)c1OCc1ccc(Cl)c(Cl)c1.Cl. The van der Waals surface area contributed by atoms with Crippen molar-refractivity contribution in [3.8, 4) is 11.5 Å². The van der Waals surface area contributed by atoms with Crippen LogP contribution in [0, 0.1) is 0 Å². The van der Waals surface area contributed by atoms with Crippen molar-refractivity contribution in [3.63, 3.8) is 0 Å². The molecule has 0 unspecified atom stereocenters. The Labute approximate surface area is 184 Å². The second-order valence-electron chi connectivity index (χ2n) is 6.54. The van der Waals surface area contributed by atoms with E-state index in [2.05, 4.69) is 21.2 Å². The van der Waals surface area contributed by atoms with E-state index in [9.17, 15) is 5.11 Å². The third-order valence-corrected chi connectivity index (χ3v) is 5.15. The van der Waals surface area contributed by atoms with Crippen molar-refractivity contribution in [3.05, 3.63) is 56.0 Å². The molecule has 0 atom stereocenters. The van der Waals surface area contributed by atoms with Crippen molar-refractivity contribution in [2.45, 2.75) is 32.5 Å². The molecule has 0 bridgehead atoms. The number of methoxy groups -OCH3 is 1. The summed E-state index contributed by atoms with van der Waals surface area (Å²) in [4.78, 5) is 0. The van der Waals surface area contributed by atoms with E-state index >= 15 is 0 Å². The van der Waals surface area contributed by atoms with Gasteiger partial charge in [-0.3, -0.25) is 0 Å². The molecule has 0 saturated carbocycles. The predicted molar refractivity (Wildman–Crippen MR) is 117 cm³/mol. The van der Waals surface area contributed by atoms with Gasteiger partial charge in [-0.1, -0.05) is 29.3 Å². The number of benzene rings is 2. The van der Waals surface area contributed by atoms with Crippen molar-refractivity contribution in [1.82, 2.24) is 5.32 Å². The number of rotatable bonds is 8. The van der Waals surface area contributed by atoms with E-state index < -0.39 is 0 Å². The fourth-order valence-corrected chi connectivity index (χ4v) is 3.12. The lowest BCUT2D eigenvalue weighted by Crippen LogP contribution is -2.42. The van der Waals surface area contributed by atoms with Crippen molar-refractivity contribution >= 4 is 51.5 Å². The highest BCUT2D eigenvalue weighted by molar-refractivity contribution is 9.10. The first-order chi connectivity index (χ1) is 12.3. The standard InChI is InChI=1S/C19H22BrCl2NO3.ClH/c1-19(2,11-24)23-9-13-6-14(20)18(17(8-13)25-3)26-10-12-4-5-15(21)16(22)7-12;/h4-8,23-24H,9-11H2,1-3H3;1H. The zero-order valence-electron chi connectivity index (χ0n) is 15.3. The van der Waals surface area contributed by atoms with Crippen LogP contribution in [0.4, 0.5) is 0 Å². The van der Waals surface area contributed by atoms with E-state index in [0.717, 1.165) is 15.6 Å². The average molecular weight is 500 g/mol. The monoisotopic (exact) mass is 497 g/mol. The first kappa shape index (κ1) is 24.3. The average Bonchev–Trinajstić information content (AvgIpc) is 2.61. The van der Waals surface area contributed by atoms with E-state index in [1.54, 1.807) is 19.2 Å². The molecule has 0 aliphatic heterocycles. The van der Waals surface area contributed by atoms with Gasteiger partial charge in [-0.15, -0.1) is 12.4 Å². The third-order valence-electron chi connectivity index (χ3n) is 3.82.